The Balaban J connectivity index is 2.16. The smallest absolute Gasteiger partial charge is 0.328 e. The second-order valence-corrected chi connectivity index (χ2v) is 4.65. The number of nitriles is 1. The predicted molar refractivity (Wildman–Crippen MR) is 58.6 cm³/mol. The SMILES string of the molecule is COC(=O)C1CCC(=O)N1C(CC#N)C1CC1. The Labute approximate surface area is 100 Å². The van der Waals surface area contributed by atoms with Gasteiger partial charge in [-0.25, -0.2) is 4.79 Å². The number of ether oxygens (including phenoxy) is 1. The minimum absolute atomic E-state index is 0.0208. The highest BCUT2D eigenvalue weighted by Gasteiger charge is 2.45. The van der Waals surface area contributed by atoms with E-state index in [-0.39, 0.29) is 17.9 Å². The summed E-state index contributed by atoms with van der Waals surface area (Å²) < 4.78 is 4.73. The summed E-state index contributed by atoms with van der Waals surface area (Å²) in [5.41, 5.74) is 0. The molecule has 2 rings (SSSR count). The van der Waals surface area contributed by atoms with Gasteiger partial charge in [-0.3, -0.25) is 4.79 Å². The van der Waals surface area contributed by atoms with Crippen molar-refractivity contribution in [2.75, 3.05) is 7.11 Å². The van der Waals surface area contributed by atoms with E-state index in [1.54, 1.807) is 4.90 Å². The fourth-order valence-corrected chi connectivity index (χ4v) is 2.55. The highest BCUT2D eigenvalue weighted by molar-refractivity contribution is 5.88. The van der Waals surface area contributed by atoms with Crippen LogP contribution in [0.25, 0.3) is 0 Å². The number of hydrogen-bond acceptors (Lipinski definition) is 4. The van der Waals surface area contributed by atoms with E-state index >= 15 is 0 Å². The van der Waals surface area contributed by atoms with E-state index in [1.807, 2.05) is 0 Å². The van der Waals surface area contributed by atoms with Gasteiger partial charge in [0.2, 0.25) is 5.91 Å². The molecule has 0 spiro atoms. The van der Waals surface area contributed by atoms with Crippen molar-refractivity contribution >= 4 is 11.9 Å². The van der Waals surface area contributed by atoms with Gasteiger partial charge in [0.1, 0.15) is 6.04 Å². The topological polar surface area (TPSA) is 70.4 Å². The number of methoxy groups -OCH3 is 1. The van der Waals surface area contributed by atoms with Crippen LogP contribution in [-0.4, -0.2) is 36.0 Å². The number of hydrogen-bond donors (Lipinski definition) is 0. The minimum Gasteiger partial charge on any atom is -0.467 e. The molecule has 1 heterocycles. The van der Waals surface area contributed by atoms with Crippen molar-refractivity contribution in [3.8, 4) is 6.07 Å². The third-order valence-electron chi connectivity index (χ3n) is 3.55. The quantitative estimate of drug-likeness (QED) is 0.678. The summed E-state index contributed by atoms with van der Waals surface area (Å²) in [7, 11) is 1.33. The van der Waals surface area contributed by atoms with Crippen LogP contribution >= 0.6 is 0 Å². The van der Waals surface area contributed by atoms with Crippen molar-refractivity contribution in [3.05, 3.63) is 0 Å². The average Bonchev–Trinajstić information content (AvgIpc) is 3.09. The first-order chi connectivity index (χ1) is 8.19. The summed E-state index contributed by atoms with van der Waals surface area (Å²) in [6.45, 7) is 0. The molecule has 0 aromatic carbocycles. The zero-order valence-electron chi connectivity index (χ0n) is 9.89. The molecule has 17 heavy (non-hydrogen) atoms. The molecule has 1 aliphatic heterocycles. The zero-order valence-corrected chi connectivity index (χ0v) is 9.89. The Morgan fingerprint density at radius 2 is 2.29 bits per heavy atom. The van der Waals surface area contributed by atoms with Gasteiger partial charge in [-0.05, 0) is 25.2 Å². The van der Waals surface area contributed by atoms with E-state index in [2.05, 4.69) is 6.07 Å². The number of nitrogens with zero attached hydrogens (tertiary/aromatic N) is 2. The molecule has 2 atom stereocenters. The summed E-state index contributed by atoms with van der Waals surface area (Å²) >= 11 is 0. The van der Waals surface area contributed by atoms with Gasteiger partial charge in [0.05, 0.1) is 19.6 Å². The van der Waals surface area contributed by atoms with Crippen LogP contribution in [0.3, 0.4) is 0 Å². The normalized spacial score (nSPS) is 25.5. The van der Waals surface area contributed by atoms with Gasteiger partial charge >= 0.3 is 5.97 Å². The van der Waals surface area contributed by atoms with Gasteiger partial charge in [0.15, 0.2) is 0 Å². The van der Waals surface area contributed by atoms with E-state index in [4.69, 9.17) is 10.00 Å². The molecule has 5 nitrogen and oxygen atoms in total. The predicted octanol–water partition coefficient (Wildman–Crippen LogP) is 0.843. The molecule has 2 unspecified atom stereocenters. The third-order valence-corrected chi connectivity index (χ3v) is 3.55. The molecular formula is C12H16N2O3. The standard InChI is InChI=1S/C12H16N2O3/c1-17-12(16)10-4-5-11(15)14(10)9(6-7-13)8-2-3-8/h8-10H,2-6H2,1H3. The molecule has 0 bridgehead atoms. The summed E-state index contributed by atoms with van der Waals surface area (Å²) in [4.78, 5) is 25.1. The van der Waals surface area contributed by atoms with Crippen molar-refractivity contribution < 1.29 is 14.3 Å². The lowest BCUT2D eigenvalue weighted by molar-refractivity contribution is -0.151. The highest BCUT2D eigenvalue weighted by Crippen LogP contribution is 2.39. The minimum atomic E-state index is -0.480. The van der Waals surface area contributed by atoms with Crippen LogP contribution in [-0.2, 0) is 14.3 Å². The van der Waals surface area contributed by atoms with Crippen LogP contribution in [0.5, 0.6) is 0 Å². The Morgan fingerprint density at radius 3 is 2.82 bits per heavy atom. The highest BCUT2D eigenvalue weighted by atomic mass is 16.5. The summed E-state index contributed by atoms with van der Waals surface area (Å²) in [5.74, 6) is 0.0100. The van der Waals surface area contributed by atoms with Crippen LogP contribution in [0.15, 0.2) is 0 Å². The van der Waals surface area contributed by atoms with E-state index < -0.39 is 6.04 Å². The van der Waals surface area contributed by atoms with Crippen molar-refractivity contribution in [2.24, 2.45) is 5.92 Å². The van der Waals surface area contributed by atoms with Crippen LogP contribution < -0.4 is 0 Å². The zero-order chi connectivity index (χ0) is 12.4. The number of esters is 1. The van der Waals surface area contributed by atoms with Crippen LogP contribution in [0, 0.1) is 17.2 Å². The second kappa shape index (κ2) is 4.74. The fraction of sp³-hybridized carbons (Fsp3) is 0.750. The number of amides is 1. The second-order valence-electron chi connectivity index (χ2n) is 4.65. The molecule has 2 aliphatic rings. The Morgan fingerprint density at radius 1 is 1.59 bits per heavy atom. The van der Waals surface area contributed by atoms with Crippen LogP contribution in [0.1, 0.15) is 32.1 Å². The Hall–Kier alpha value is -1.57. The van der Waals surface area contributed by atoms with Gasteiger partial charge in [0.25, 0.3) is 0 Å². The molecular weight excluding hydrogens is 220 g/mol. The maximum absolute atomic E-state index is 11.9. The first kappa shape index (κ1) is 11.9. The first-order valence-electron chi connectivity index (χ1n) is 5.95. The number of rotatable bonds is 4. The monoisotopic (exact) mass is 236 g/mol. The number of carbonyl (C=O) groups is 2. The van der Waals surface area contributed by atoms with Gasteiger partial charge in [-0.2, -0.15) is 5.26 Å². The number of likely N-dealkylation sites (tertiary alicyclic amines) is 1. The van der Waals surface area contributed by atoms with Crippen molar-refractivity contribution in [1.82, 2.24) is 4.90 Å². The van der Waals surface area contributed by atoms with Crippen LogP contribution in [0.2, 0.25) is 0 Å². The molecule has 2 fully saturated rings. The van der Waals surface area contributed by atoms with E-state index in [9.17, 15) is 9.59 Å². The van der Waals surface area contributed by atoms with Gasteiger partial charge < -0.3 is 9.64 Å². The first-order valence-corrected chi connectivity index (χ1v) is 5.95. The average molecular weight is 236 g/mol. The maximum atomic E-state index is 11.9. The van der Waals surface area contributed by atoms with Gasteiger partial charge in [-0.1, -0.05) is 0 Å². The molecule has 1 amide bonds. The lowest BCUT2D eigenvalue weighted by Crippen LogP contribution is -2.47. The van der Waals surface area contributed by atoms with E-state index in [0.717, 1.165) is 12.8 Å². The number of carbonyl (C=O) groups excluding carboxylic acids is 2. The van der Waals surface area contributed by atoms with Gasteiger partial charge in [0, 0.05) is 12.5 Å². The van der Waals surface area contributed by atoms with E-state index in [1.165, 1.54) is 7.11 Å². The maximum Gasteiger partial charge on any atom is 0.328 e. The Bertz CT molecular complexity index is 370. The molecule has 1 saturated carbocycles. The van der Waals surface area contributed by atoms with Crippen molar-refractivity contribution in [2.45, 2.75) is 44.2 Å². The fourth-order valence-electron chi connectivity index (χ4n) is 2.55. The van der Waals surface area contributed by atoms with Crippen molar-refractivity contribution in [1.29, 1.82) is 5.26 Å². The molecule has 0 N–H and O–H groups in total. The summed E-state index contributed by atoms with van der Waals surface area (Å²) in [5, 5.41) is 8.84. The van der Waals surface area contributed by atoms with Gasteiger partial charge in [-0.15, -0.1) is 0 Å². The molecule has 0 aromatic rings. The molecule has 0 radical (unpaired) electrons. The van der Waals surface area contributed by atoms with E-state index in [0.29, 0.717) is 25.2 Å². The lowest BCUT2D eigenvalue weighted by Gasteiger charge is -2.30. The van der Waals surface area contributed by atoms with Crippen LogP contribution in [0.4, 0.5) is 0 Å². The largest absolute Gasteiger partial charge is 0.467 e. The molecule has 92 valence electrons. The summed E-state index contributed by atoms with van der Waals surface area (Å²) in [6, 6.07) is 1.54. The Kier molecular flexibility index (Phi) is 3.32. The lowest BCUT2D eigenvalue weighted by atomic mass is 10.1. The molecule has 5 heteroatoms. The molecule has 0 aromatic heterocycles. The molecule has 1 aliphatic carbocycles. The third kappa shape index (κ3) is 2.26. The van der Waals surface area contributed by atoms with Crippen molar-refractivity contribution in [3.63, 3.8) is 0 Å². The summed E-state index contributed by atoms with van der Waals surface area (Å²) in [6.07, 6.45) is 3.30. The molecule has 1 saturated heterocycles.